The van der Waals surface area contributed by atoms with E-state index in [1.54, 1.807) is 0 Å². The molecule has 0 radical (unpaired) electrons. The van der Waals surface area contributed by atoms with Crippen molar-refractivity contribution in [2.45, 2.75) is 85.4 Å². The van der Waals surface area contributed by atoms with E-state index in [2.05, 4.69) is 13.8 Å². The van der Waals surface area contributed by atoms with Gasteiger partial charge < -0.3 is 52.5 Å². The van der Waals surface area contributed by atoms with Crippen LogP contribution in [0.3, 0.4) is 0 Å². The second kappa shape index (κ2) is 46.4. The van der Waals surface area contributed by atoms with Gasteiger partial charge in [-0.05, 0) is 26.7 Å². The number of unbranched alkanes of at least 4 members (excludes halogenated alkanes) is 6. The van der Waals surface area contributed by atoms with Crippen LogP contribution in [0.4, 0.5) is 0 Å². The number of aliphatic hydroxyl groups excluding tert-OH is 1. The van der Waals surface area contributed by atoms with E-state index in [0.29, 0.717) is 106 Å². The fourth-order valence-corrected chi connectivity index (χ4v) is 3.35. The lowest BCUT2D eigenvalue weighted by Crippen LogP contribution is -2.22. The molecule has 0 fully saturated rings. The number of rotatable bonds is 36. The van der Waals surface area contributed by atoms with Gasteiger partial charge in [0.15, 0.2) is 6.29 Å². The summed E-state index contributed by atoms with van der Waals surface area (Å²) < 4.78 is 84.6. The normalized spacial score (nSPS) is 11.9. The molecule has 1 atom stereocenters. The first-order valence-electron chi connectivity index (χ1n) is 17.4. The molecule has 15 nitrogen and oxygen atoms in total. The van der Waals surface area contributed by atoms with Gasteiger partial charge in [-0.3, -0.25) is 9.11 Å². The maximum absolute atomic E-state index is 9.53. The zero-order valence-electron chi connectivity index (χ0n) is 30.3. The van der Waals surface area contributed by atoms with Gasteiger partial charge in [-0.15, -0.1) is 0 Å². The summed E-state index contributed by atoms with van der Waals surface area (Å²) >= 11 is 0. The van der Waals surface area contributed by atoms with Crippen molar-refractivity contribution >= 4 is 10.4 Å². The van der Waals surface area contributed by atoms with E-state index in [-0.39, 0.29) is 6.61 Å². The quantitative estimate of drug-likeness (QED) is 0.0477. The van der Waals surface area contributed by atoms with E-state index in [4.69, 9.17) is 64.9 Å². The summed E-state index contributed by atoms with van der Waals surface area (Å²) in [6, 6.07) is 0. The molecule has 0 heterocycles. The minimum absolute atomic E-state index is 0.215. The van der Waals surface area contributed by atoms with Gasteiger partial charge in [-0.25, -0.2) is 0 Å². The van der Waals surface area contributed by atoms with Gasteiger partial charge >= 0.3 is 10.4 Å². The Morgan fingerprint density at radius 1 is 0.417 bits per heavy atom. The summed E-state index contributed by atoms with van der Waals surface area (Å²) in [5.41, 5.74) is 0. The van der Waals surface area contributed by atoms with E-state index < -0.39 is 16.7 Å². The Hall–Kier alpha value is -0.570. The zero-order valence-corrected chi connectivity index (χ0v) is 31.1. The number of hydrogen-bond donors (Lipinski definition) is 3. The Balaban J connectivity index is -0.000000739. The lowest BCUT2D eigenvalue weighted by atomic mass is 10.2. The van der Waals surface area contributed by atoms with Crippen molar-refractivity contribution in [3.63, 3.8) is 0 Å². The third-order valence-corrected chi connectivity index (χ3v) is 5.72. The van der Waals surface area contributed by atoms with Crippen molar-refractivity contribution in [1.29, 1.82) is 0 Å². The zero-order chi connectivity index (χ0) is 36.2. The number of aliphatic hydroxyl groups is 1. The molecule has 0 rings (SSSR count). The second-order valence-electron chi connectivity index (χ2n) is 10.0. The van der Waals surface area contributed by atoms with Crippen molar-refractivity contribution in [1.82, 2.24) is 0 Å². The molecule has 0 amide bonds. The van der Waals surface area contributed by atoms with Gasteiger partial charge in [-0.1, -0.05) is 52.4 Å². The van der Waals surface area contributed by atoms with Gasteiger partial charge in [0.1, 0.15) is 0 Å². The Labute approximate surface area is 291 Å². The van der Waals surface area contributed by atoms with Crippen LogP contribution in [0, 0.1) is 0 Å². The fraction of sp³-hybridized carbons (Fsp3) is 1.00. The minimum Gasteiger partial charge on any atom is -0.379 e. The highest BCUT2D eigenvalue weighted by Crippen LogP contribution is 2.00. The smallest absolute Gasteiger partial charge is 0.379 e. The van der Waals surface area contributed by atoms with Crippen molar-refractivity contribution in [3.05, 3.63) is 0 Å². The first-order valence-corrected chi connectivity index (χ1v) is 18.8. The predicted molar refractivity (Wildman–Crippen MR) is 183 cm³/mol. The first-order chi connectivity index (χ1) is 23.2. The van der Waals surface area contributed by atoms with Crippen LogP contribution in [-0.2, 0) is 57.8 Å². The van der Waals surface area contributed by atoms with E-state index in [0.717, 1.165) is 26.1 Å². The molecule has 0 aliphatic carbocycles. The summed E-state index contributed by atoms with van der Waals surface area (Å²) in [6.45, 7) is 19.5. The third-order valence-electron chi connectivity index (χ3n) is 5.72. The maximum Gasteiger partial charge on any atom is 0.394 e. The van der Waals surface area contributed by atoms with Crippen molar-refractivity contribution in [2.75, 3.05) is 126 Å². The summed E-state index contributed by atoms with van der Waals surface area (Å²) in [7, 11) is -4.67. The standard InChI is InChI=1S/C16H34O6.C16H34O5.H2O4S/c1-3-5-6-7-8-21-15-16(17)22-14-13-20-12-11-19-10-9-18-4-2;1-3-5-6-7-8-18-11-12-20-15-16-21-14-13-19-10-9-17-4-2;1-5(2,3)4/h16-17H,3-15H2,1-2H3;3-16H2,1-2H3;(H2,1,2,3,4). The molecule has 0 bridgehead atoms. The minimum atomic E-state index is -4.67. The van der Waals surface area contributed by atoms with Gasteiger partial charge in [0.05, 0.1) is 99.1 Å². The van der Waals surface area contributed by atoms with Crippen LogP contribution in [0.1, 0.15) is 79.1 Å². The van der Waals surface area contributed by atoms with Crippen LogP contribution in [0.2, 0.25) is 0 Å². The molecule has 1 unspecified atom stereocenters. The molecule has 48 heavy (non-hydrogen) atoms. The largest absolute Gasteiger partial charge is 0.394 e. The van der Waals surface area contributed by atoms with Crippen LogP contribution in [0.15, 0.2) is 0 Å². The van der Waals surface area contributed by atoms with Gasteiger partial charge in [0, 0.05) is 26.4 Å². The fourth-order valence-electron chi connectivity index (χ4n) is 3.35. The van der Waals surface area contributed by atoms with E-state index in [1.165, 1.54) is 38.5 Å². The molecule has 16 heteroatoms. The summed E-state index contributed by atoms with van der Waals surface area (Å²) in [5.74, 6) is 0. The summed E-state index contributed by atoms with van der Waals surface area (Å²) in [4.78, 5) is 0. The molecule has 0 aromatic heterocycles. The summed E-state index contributed by atoms with van der Waals surface area (Å²) in [5, 5.41) is 9.53. The second-order valence-corrected chi connectivity index (χ2v) is 10.9. The van der Waals surface area contributed by atoms with Crippen LogP contribution in [0.5, 0.6) is 0 Å². The van der Waals surface area contributed by atoms with Crippen LogP contribution in [-0.4, -0.2) is 154 Å². The van der Waals surface area contributed by atoms with Crippen LogP contribution in [0.25, 0.3) is 0 Å². The van der Waals surface area contributed by atoms with E-state index >= 15 is 0 Å². The molecule has 0 saturated heterocycles. The highest BCUT2D eigenvalue weighted by Gasteiger charge is 2.04. The lowest BCUT2D eigenvalue weighted by Gasteiger charge is -2.12. The van der Waals surface area contributed by atoms with Crippen molar-refractivity contribution in [3.8, 4) is 0 Å². The highest BCUT2D eigenvalue weighted by molar-refractivity contribution is 7.79. The average molecular weight is 727 g/mol. The molecule has 0 saturated carbocycles. The molecule has 294 valence electrons. The Morgan fingerprint density at radius 2 is 0.708 bits per heavy atom. The third kappa shape index (κ3) is 64.0. The first kappa shape index (κ1) is 51.8. The van der Waals surface area contributed by atoms with Crippen LogP contribution < -0.4 is 0 Å². The average Bonchev–Trinajstić information content (AvgIpc) is 3.04. The Morgan fingerprint density at radius 3 is 1.04 bits per heavy atom. The molecule has 0 aromatic carbocycles. The molecule has 0 aliphatic heterocycles. The van der Waals surface area contributed by atoms with E-state index in [9.17, 15) is 5.11 Å². The lowest BCUT2D eigenvalue weighted by molar-refractivity contribution is -0.147. The maximum atomic E-state index is 9.53. The highest BCUT2D eigenvalue weighted by atomic mass is 32.3. The van der Waals surface area contributed by atoms with Crippen molar-refractivity contribution in [2.24, 2.45) is 0 Å². The number of ether oxygens (including phenoxy) is 10. The Bertz CT molecular complexity index is 633. The Kier molecular flexibility index (Phi) is 50.1. The van der Waals surface area contributed by atoms with Gasteiger partial charge in [0.25, 0.3) is 0 Å². The van der Waals surface area contributed by atoms with Gasteiger partial charge in [0.2, 0.25) is 0 Å². The molecular weight excluding hydrogens is 656 g/mol. The topological polar surface area (TPSA) is 187 Å². The molecule has 3 N–H and O–H groups in total. The molecule has 0 aliphatic rings. The van der Waals surface area contributed by atoms with Crippen molar-refractivity contribution < 1.29 is 70.0 Å². The SMILES string of the molecule is CCCCCCOCC(O)OCCOCCOCCOCC.CCCCCCOCCOCCOCCOCCOCC.O=S(=O)(O)O. The molecule has 0 aromatic rings. The van der Waals surface area contributed by atoms with Gasteiger partial charge in [-0.2, -0.15) is 8.42 Å². The molecule has 0 spiro atoms. The van der Waals surface area contributed by atoms with E-state index in [1.807, 2.05) is 13.8 Å². The molecular formula is C32H70O15S. The summed E-state index contributed by atoms with van der Waals surface area (Å²) in [6.07, 6.45) is 8.75. The predicted octanol–water partition coefficient (Wildman–Crippen LogP) is 4.00. The van der Waals surface area contributed by atoms with Crippen LogP contribution >= 0.6 is 0 Å². The number of hydrogen-bond acceptors (Lipinski definition) is 13. The monoisotopic (exact) mass is 726 g/mol.